The average Bonchev–Trinajstić information content (AvgIpc) is 2.67. The lowest BCUT2D eigenvalue weighted by Gasteiger charge is -2.17. The molecule has 3 nitrogen and oxygen atoms in total. The molecule has 0 N–H and O–H groups in total. The monoisotopic (exact) mass is 393 g/mol. The second-order valence-electron chi connectivity index (χ2n) is 4.45. The molecule has 0 fully saturated rings. The average molecular weight is 395 g/mol. The van der Waals surface area contributed by atoms with Crippen LogP contribution in [0.4, 0.5) is 5.69 Å². The summed E-state index contributed by atoms with van der Waals surface area (Å²) < 4.78 is 1.58. The van der Waals surface area contributed by atoms with Crippen molar-refractivity contribution >= 4 is 49.2 Å². The van der Waals surface area contributed by atoms with Crippen LogP contribution in [0.1, 0.15) is 15.9 Å². The van der Waals surface area contributed by atoms with E-state index in [-0.39, 0.29) is 0 Å². The van der Waals surface area contributed by atoms with Crippen molar-refractivity contribution in [2.24, 2.45) is 0 Å². The maximum Gasteiger partial charge on any atom is 0.299 e. The summed E-state index contributed by atoms with van der Waals surface area (Å²) in [7, 11) is 0. The number of nitrogens with zero attached hydrogens (tertiary/aromatic N) is 1. The van der Waals surface area contributed by atoms with Crippen LogP contribution < -0.4 is 4.90 Å². The van der Waals surface area contributed by atoms with Gasteiger partial charge in [0, 0.05) is 8.95 Å². The van der Waals surface area contributed by atoms with E-state index in [2.05, 4.69) is 31.9 Å². The number of fused-ring (bicyclic) bond motifs is 1. The molecular weight excluding hydrogens is 386 g/mol. The molecule has 2 aromatic carbocycles. The summed E-state index contributed by atoms with van der Waals surface area (Å²) in [6.07, 6.45) is 0. The second kappa shape index (κ2) is 5.14. The maximum atomic E-state index is 12.2. The molecule has 0 atom stereocenters. The quantitative estimate of drug-likeness (QED) is 0.723. The molecule has 0 aliphatic carbocycles. The summed E-state index contributed by atoms with van der Waals surface area (Å²) in [5, 5.41) is 0. The predicted octanol–water partition coefficient (Wildman–Crippen LogP) is 3.94. The highest BCUT2D eigenvalue weighted by molar-refractivity contribution is 9.10. The molecule has 1 heterocycles. The lowest BCUT2D eigenvalue weighted by molar-refractivity contribution is -0.114. The van der Waals surface area contributed by atoms with Crippen LogP contribution in [0, 0.1) is 0 Å². The zero-order valence-electron chi connectivity index (χ0n) is 10.3. The smallest absolute Gasteiger partial charge is 0.299 e. The van der Waals surface area contributed by atoms with Crippen molar-refractivity contribution in [2.45, 2.75) is 6.54 Å². The number of benzene rings is 2. The number of rotatable bonds is 2. The molecule has 1 amide bonds. The number of Topliss-reactive ketones (excluding diaryl/α,β-unsaturated/α-hetero) is 1. The third kappa shape index (κ3) is 2.11. The SMILES string of the molecule is O=C1C(=O)N(Cc2ccccc2Br)c2cccc(Br)c21. The molecule has 0 aromatic heterocycles. The van der Waals surface area contributed by atoms with Gasteiger partial charge in [-0.1, -0.05) is 40.2 Å². The van der Waals surface area contributed by atoms with E-state index in [1.807, 2.05) is 30.3 Å². The van der Waals surface area contributed by atoms with Gasteiger partial charge in [0.15, 0.2) is 0 Å². The van der Waals surface area contributed by atoms with E-state index in [0.717, 1.165) is 10.0 Å². The molecule has 0 spiro atoms. The number of carbonyl (C=O) groups excluding carboxylic acids is 2. The van der Waals surface area contributed by atoms with Crippen LogP contribution in [-0.2, 0) is 11.3 Å². The highest BCUT2D eigenvalue weighted by atomic mass is 79.9. The Kier molecular flexibility index (Phi) is 3.48. The molecule has 0 radical (unpaired) electrons. The summed E-state index contributed by atoms with van der Waals surface area (Å²) in [5.74, 6) is -0.942. The van der Waals surface area contributed by atoms with Crippen molar-refractivity contribution < 1.29 is 9.59 Å². The summed E-state index contributed by atoms with van der Waals surface area (Å²) >= 11 is 6.79. The van der Waals surface area contributed by atoms with Gasteiger partial charge in [0.2, 0.25) is 0 Å². The Morgan fingerprint density at radius 1 is 0.900 bits per heavy atom. The molecule has 1 aliphatic heterocycles. The van der Waals surface area contributed by atoms with E-state index in [1.54, 1.807) is 12.1 Å². The van der Waals surface area contributed by atoms with Gasteiger partial charge >= 0.3 is 0 Å². The van der Waals surface area contributed by atoms with E-state index in [1.165, 1.54) is 4.90 Å². The van der Waals surface area contributed by atoms with Gasteiger partial charge in [-0.25, -0.2) is 0 Å². The molecule has 0 unspecified atom stereocenters. The minimum Gasteiger partial charge on any atom is -0.300 e. The van der Waals surface area contributed by atoms with E-state index in [9.17, 15) is 9.59 Å². The Bertz CT molecular complexity index is 728. The van der Waals surface area contributed by atoms with Gasteiger partial charge in [0.05, 0.1) is 17.8 Å². The van der Waals surface area contributed by atoms with Crippen LogP contribution in [0.5, 0.6) is 0 Å². The second-order valence-corrected chi connectivity index (χ2v) is 6.15. The maximum absolute atomic E-state index is 12.2. The number of hydrogen-bond donors (Lipinski definition) is 0. The first kappa shape index (κ1) is 13.5. The topological polar surface area (TPSA) is 37.4 Å². The van der Waals surface area contributed by atoms with Gasteiger partial charge in [0.1, 0.15) is 0 Å². The number of halogens is 2. The standard InChI is InChI=1S/C15H9Br2NO2/c16-10-5-2-1-4-9(10)8-18-12-7-3-6-11(17)13(12)14(19)15(18)20/h1-7H,8H2. The highest BCUT2D eigenvalue weighted by Crippen LogP contribution is 2.35. The Morgan fingerprint density at radius 2 is 1.60 bits per heavy atom. The van der Waals surface area contributed by atoms with Crippen molar-refractivity contribution in [2.75, 3.05) is 4.90 Å². The van der Waals surface area contributed by atoms with E-state index in [4.69, 9.17) is 0 Å². The number of carbonyl (C=O) groups is 2. The fourth-order valence-corrected chi connectivity index (χ4v) is 3.20. The van der Waals surface area contributed by atoms with Crippen LogP contribution in [0.15, 0.2) is 51.4 Å². The first-order valence-electron chi connectivity index (χ1n) is 5.97. The summed E-state index contributed by atoms with van der Waals surface area (Å²) in [4.78, 5) is 25.8. The minimum atomic E-state index is -0.484. The van der Waals surface area contributed by atoms with Crippen molar-refractivity contribution in [1.82, 2.24) is 0 Å². The Labute approximate surface area is 132 Å². The predicted molar refractivity (Wildman–Crippen MR) is 83.8 cm³/mol. The van der Waals surface area contributed by atoms with Crippen LogP contribution in [0.25, 0.3) is 0 Å². The lowest BCUT2D eigenvalue weighted by Crippen LogP contribution is -2.29. The molecule has 100 valence electrons. The summed E-state index contributed by atoms with van der Waals surface area (Å²) in [6.45, 7) is 0.370. The fraction of sp³-hybridized carbons (Fsp3) is 0.0667. The van der Waals surface area contributed by atoms with E-state index >= 15 is 0 Å². The third-order valence-electron chi connectivity index (χ3n) is 3.24. The number of ketones is 1. The molecule has 0 saturated carbocycles. The highest BCUT2D eigenvalue weighted by Gasteiger charge is 2.37. The van der Waals surface area contributed by atoms with Crippen molar-refractivity contribution in [1.29, 1.82) is 0 Å². The normalized spacial score (nSPS) is 13.8. The van der Waals surface area contributed by atoms with Gasteiger partial charge < -0.3 is 4.90 Å². The summed E-state index contributed by atoms with van der Waals surface area (Å²) in [5.41, 5.74) is 2.07. The summed E-state index contributed by atoms with van der Waals surface area (Å²) in [6, 6.07) is 13.0. The molecule has 5 heteroatoms. The minimum absolute atomic E-state index is 0.370. The zero-order valence-corrected chi connectivity index (χ0v) is 13.4. The van der Waals surface area contributed by atoms with Gasteiger partial charge in [-0.3, -0.25) is 9.59 Å². The fourth-order valence-electron chi connectivity index (χ4n) is 2.26. The Morgan fingerprint density at radius 3 is 2.35 bits per heavy atom. The Hall–Kier alpha value is -1.46. The third-order valence-corrected chi connectivity index (χ3v) is 4.67. The molecular formula is C15H9Br2NO2. The van der Waals surface area contributed by atoms with Gasteiger partial charge in [-0.2, -0.15) is 0 Å². The first-order chi connectivity index (χ1) is 9.59. The molecule has 3 rings (SSSR count). The van der Waals surface area contributed by atoms with Crippen LogP contribution >= 0.6 is 31.9 Å². The number of hydrogen-bond acceptors (Lipinski definition) is 2. The van der Waals surface area contributed by atoms with Gasteiger partial charge in [-0.15, -0.1) is 0 Å². The van der Waals surface area contributed by atoms with Crippen molar-refractivity contribution in [3.8, 4) is 0 Å². The lowest BCUT2D eigenvalue weighted by atomic mass is 10.1. The van der Waals surface area contributed by atoms with Crippen molar-refractivity contribution in [3.05, 3.63) is 62.5 Å². The number of amides is 1. The Balaban J connectivity index is 2.04. The molecule has 0 bridgehead atoms. The van der Waals surface area contributed by atoms with Gasteiger partial charge in [0.25, 0.3) is 11.7 Å². The van der Waals surface area contributed by atoms with E-state index < -0.39 is 11.7 Å². The van der Waals surface area contributed by atoms with E-state index in [0.29, 0.717) is 22.3 Å². The largest absolute Gasteiger partial charge is 0.300 e. The van der Waals surface area contributed by atoms with Crippen LogP contribution in [0.2, 0.25) is 0 Å². The molecule has 2 aromatic rings. The zero-order chi connectivity index (χ0) is 14.3. The van der Waals surface area contributed by atoms with Crippen LogP contribution in [0.3, 0.4) is 0 Å². The van der Waals surface area contributed by atoms with Crippen molar-refractivity contribution in [3.63, 3.8) is 0 Å². The number of anilines is 1. The van der Waals surface area contributed by atoms with Crippen LogP contribution in [-0.4, -0.2) is 11.7 Å². The molecule has 0 saturated heterocycles. The molecule has 20 heavy (non-hydrogen) atoms. The molecule has 1 aliphatic rings. The first-order valence-corrected chi connectivity index (χ1v) is 7.56. The van der Waals surface area contributed by atoms with Gasteiger partial charge in [-0.05, 0) is 39.7 Å².